The molecule has 0 saturated carbocycles. The van der Waals surface area contributed by atoms with E-state index in [-0.39, 0.29) is 29.3 Å². The van der Waals surface area contributed by atoms with E-state index in [1.807, 2.05) is 24.3 Å². The number of rotatable bonds is 6. The number of nitrogen functional groups attached to an aromatic ring is 1. The summed E-state index contributed by atoms with van der Waals surface area (Å²) in [5.74, 6) is -1.31. The number of hydrogen-bond donors (Lipinski definition) is 1. The van der Waals surface area contributed by atoms with Crippen LogP contribution in [0.5, 0.6) is 0 Å². The summed E-state index contributed by atoms with van der Waals surface area (Å²) in [7, 11) is 0. The van der Waals surface area contributed by atoms with Gasteiger partial charge in [0, 0.05) is 10.7 Å². The van der Waals surface area contributed by atoms with Gasteiger partial charge in [0.05, 0.1) is 13.2 Å². The molecule has 0 aliphatic carbocycles. The van der Waals surface area contributed by atoms with Crippen molar-refractivity contribution in [2.24, 2.45) is 4.99 Å². The van der Waals surface area contributed by atoms with Gasteiger partial charge in [0.1, 0.15) is 21.1 Å². The molecule has 0 amide bonds. The third-order valence-electron chi connectivity index (χ3n) is 3.08. The minimum Gasteiger partial charge on any atom is -0.462 e. The van der Waals surface area contributed by atoms with E-state index in [0.29, 0.717) is 5.00 Å². The van der Waals surface area contributed by atoms with Gasteiger partial charge in [-0.2, -0.15) is 0 Å². The number of anilines is 1. The van der Waals surface area contributed by atoms with E-state index in [2.05, 4.69) is 20.9 Å². The van der Waals surface area contributed by atoms with Crippen LogP contribution in [0.1, 0.15) is 40.1 Å². The lowest BCUT2D eigenvalue weighted by Crippen LogP contribution is -2.13. The first-order chi connectivity index (χ1) is 12.0. The molecule has 0 bridgehead atoms. The molecule has 0 unspecified atom stereocenters. The molecule has 2 N–H and O–H groups in total. The van der Waals surface area contributed by atoms with Crippen LogP contribution in [0.2, 0.25) is 0 Å². The molecule has 0 atom stereocenters. The summed E-state index contributed by atoms with van der Waals surface area (Å²) >= 11 is 4.40. The van der Waals surface area contributed by atoms with Crippen LogP contribution < -0.4 is 5.73 Å². The zero-order chi connectivity index (χ0) is 18.4. The number of benzene rings is 1. The highest BCUT2D eigenvalue weighted by atomic mass is 79.9. The Balaban J connectivity index is 2.45. The maximum atomic E-state index is 12.3. The number of ether oxygens (including phenoxy) is 2. The summed E-state index contributed by atoms with van der Waals surface area (Å²) in [6.07, 6.45) is 1.59. The van der Waals surface area contributed by atoms with Crippen molar-refractivity contribution in [3.8, 4) is 0 Å². The molecule has 2 rings (SSSR count). The number of thiophene rings is 1. The van der Waals surface area contributed by atoms with E-state index in [1.54, 1.807) is 20.1 Å². The standard InChI is InChI=1S/C17H17BrN2O4S/c1-3-23-16(21)12-13(17(22)24-4-2)15(25-14(12)19)20-9-10-5-7-11(18)8-6-10/h5-9H,3-4,19H2,1-2H3/b20-9+. The quantitative estimate of drug-likeness (QED) is 0.554. The molecule has 0 spiro atoms. The molecule has 8 heteroatoms. The van der Waals surface area contributed by atoms with Gasteiger partial charge >= 0.3 is 11.9 Å². The second-order valence-corrected chi connectivity index (χ2v) is 6.72. The molecule has 1 aromatic carbocycles. The highest BCUT2D eigenvalue weighted by molar-refractivity contribution is 9.10. The molecule has 0 aliphatic heterocycles. The van der Waals surface area contributed by atoms with Gasteiger partial charge in [-0.1, -0.05) is 39.4 Å². The molecule has 6 nitrogen and oxygen atoms in total. The van der Waals surface area contributed by atoms with Gasteiger partial charge in [0.25, 0.3) is 0 Å². The van der Waals surface area contributed by atoms with Crippen LogP contribution >= 0.6 is 27.3 Å². The number of hydrogen-bond acceptors (Lipinski definition) is 7. The Labute approximate surface area is 157 Å². The van der Waals surface area contributed by atoms with Crippen molar-refractivity contribution in [3.05, 3.63) is 45.4 Å². The van der Waals surface area contributed by atoms with Gasteiger partial charge in [-0.3, -0.25) is 0 Å². The maximum Gasteiger partial charge on any atom is 0.342 e. The molecular formula is C17H17BrN2O4S. The molecule has 132 valence electrons. The van der Waals surface area contributed by atoms with Gasteiger partial charge in [-0.05, 0) is 31.5 Å². The number of carbonyl (C=O) groups is 2. The van der Waals surface area contributed by atoms with Crippen molar-refractivity contribution >= 4 is 55.4 Å². The number of nitrogens with zero attached hydrogens (tertiary/aromatic N) is 1. The third-order valence-corrected chi connectivity index (χ3v) is 4.53. The number of carbonyl (C=O) groups excluding carboxylic acids is 2. The Morgan fingerprint density at radius 3 is 2.24 bits per heavy atom. The van der Waals surface area contributed by atoms with Crippen molar-refractivity contribution in [2.45, 2.75) is 13.8 Å². The number of esters is 2. The zero-order valence-corrected chi connectivity index (χ0v) is 16.1. The van der Waals surface area contributed by atoms with Crippen LogP contribution in [0.25, 0.3) is 0 Å². The van der Waals surface area contributed by atoms with E-state index >= 15 is 0 Å². The molecule has 0 aliphatic rings. The Morgan fingerprint density at radius 2 is 1.68 bits per heavy atom. The second-order valence-electron chi connectivity index (χ2n) is 4.77. The first-order valence-corrected chi connectivity index (χ1v) is 9.15. The van der Waals surface area contributed by atoms with Crippen molar-refractivity contribution < 1.29 is 19.1 Å². The molecule has 1 aromatic heterocycles. The largest absolute Gasteiger partial charge is 0.462 e. The number of halogens is 1. The third kappa shape index (κ3) is 4.67. The fraction of sp³-hybridized carbons (Fsp3) is 0.235. The fourth-order valence-corrected chi connectivity index (χ4v) is 3.16. The van der Waals surface area contributed by atoms with E-state index in [1.165, 1.54) is 0 Å². The fourth-order valence-electron chi connectivity index (χ4n) is 2.01. The average Bonchev–Trinajstić information content (AvgIpc) is 2.91. The Bertz CT molecular complexity index is 800. The maximum absolute atomic E-state index is 12.3. The molecule has 2 aromatic rings. The van der Waals surface area contributed by atoms with Crippen LogP contribution in [0.3, 0.4) is 0 Å². The summed E-state index contributed by atoms with van der Waals surface area (Å²) < 4.78 is 11.0. The summed E-state index contributed by atoms with van der Waals surface area (Å²) in [5.41, 5.74) is 6.81. The topological polar surface area (TPSA) is 91.0 Å². The molecule has 25 heavy (non-hydrogen) atoms. The SMILES string of the molecule is CCOC(=O)c1c(N)sc(/N=C/c2ccc(Br)cc2)c1C(=O)OCC. The van der Waals surface area contributed by atoms with Crippen LogP contribution in [-0.2, 0) is 9.47 Å². The van der Waals surface area contributed by atoms with Crippen molar-refractivity contribution in [3.63, 3.8) is 0 Å². The normalized spacial score (nSPS) is 10.8. The van der Waals surface area contributed by atoms with Gasteiger partial charge in [0.15, 0.2) is 0 Å². The number of aliphatic imine (C=N–C) groups is 1. The minimum absolute atomic E-state index is 0.00764. The second kappa shape index (κ2) is 8.77. The lowest BCUT2D eigenvalue weighted by molar-refractivity contribution is 0.0481. The highest BCUT2D eigenvalue weighted by Crippen LogP contribution is 2.38. The van der Waals surface area contributed by atoms with E-state index < -0.39 is 11.9 Å². The van der Waals surface area contributed by atoms with Gasteiger partial charge in [-0.25, -0.2) is 14.6 Å². The summed E-state index contributed by atoms with van der Waals surface area (Å²) in [6, 6.07) is 7.47. The zero-order valence-electron chi connectivity index (χ0n) is 13.7. The van der Waals surface area contributed by atoms with Crippen molar-refractivity contribution in [1.82, 2.24) is 0 Å². The van der Waals surface area contributed by atoms with Gasteiger partial charge < -0.3 is 15.2 Å². The van der Waals surface area contributed by atoms with Crippen LogP contribution in [0, 0.1) is 0 Å². The Morgan fingerprint density at radius 1 is 1.12 bits per heavy atom. The predicted molar refractivity (Wildman–Crippen MR) is 102 cm³/mol. The van der Waals surface area contributed by atoms with Crippen LogP contribution in [0.15, 0.2) is 33.7 Å². The predicted octanol–water partition coefficient (Wildman–Crippen LogP) is 4.20. The lowest BCUT2D eigenvalue weighted by Gasteiger charge is -2.05. The molecule has 0 saturated heterocycles. The van der Waals surface area contributed by atoms with Gasteiger partial charge in [0.2, 0.25) is 0 Å². The van der Waals surface area contributed by atoms with Crippen LogP contribution in [-0.4, -0.2) is 31.4 Å². The molecule has 0 radical (unpaired) electrons. The average molecular weight is 425 g/mol. The van der Waals surface area contributed by atoms with Gasteiger partial charge in [-0.15, -0.1) is 0 Å². The summed E-state index contributed by atoms with van der Waals surface area (Å²) in [5, 5.41) is 0.478. The highest BCUT2D eigenvalue weighted by Gasteiger charge is 2.29. The monoisotopic (exact) mass is 424 g/mol. The van der Waals surface area contributed by atoms with Crippen molar-refractivity contribution in [2.75, 3.05) is 18.9 Å². The van der Waals surface area contributed by atoms with E-state index in [9.17, 15) is 9.59 Å². The van der Waals surface area contributed by atoms with Crippen molar-refractivity contribution in [1.29, 1.82) is 0 Å². The van der Waals surface area contributed by atoms with E-state index in [4.69, 9.17) is 15.2 Å². The van der Waals surface area contributed by atoms with E-state index in [0.717, 1.165) is 21.4 Å². The summed E-state index contributed by atoms with van der Waals surface area (Å²) in [4.78, 5) is 28.8. The molecule has 0 fully saturated rings. The lowest BCUT2D eigenvalue weighted by atomic mass is 10.1. The minimum atomic E-state index is -0.663. The number of nitrogens with two attached hydrogens (primary N) is 1. The van der Waals surface area contributed by atoms with Crippen LogP contribution in [0.4, 0.5) is 10.0 Å². The molecule has 1 heterocycles. The first-order valence-electron chi connectivity index (χ1n) is 7.54. The smallest absolute Gasteiger partial charge is 0.342 e. The Hall–Kier alpha value is -2.19. The molecular weight excluding hydrogens is 408 g/mol. The Kier molecular flexibility index (Phi) is 6.72. The first kappa shape index (κ1) is 19.1. The summed E-state index contributed by atoms with van der Waals surface area (Å²) in [6.45, 7) is 3.71.